The topological polar surface area (TPSA) is 50.4 Å². The largest absolute Gasteiger partial charge is 0.473 e. The highest BCUT2D eigenvalue weighted by atomic mass is 16.5. The number of nitrogens with one attached hydrogen (secondary N) is 2. The average molecular weight is 326 g/mol. The fourth-order valence-corrected chi connectivity index (χ4v) is 2.68. The Morgan fingerprint density at radius 3 is 2.08 bits per heavy atom. The van der Waals surface area contributed by atoms with E-state index in [9.17, 15) is 4.79 Å². The van der Waals surface area contributed by atoms with Crippen LogP contribution in [0.2, 0.25) is 0 Å². The maximum atomic E-state index is 12.2. The molecule has 0 bridgehead atoms. The van der Waals surface area contributed by atoms with Gasteiger partial charge < -0.3 is 15.4 Å². The molecule has 2 amide bonds. The SMILES string of the molecule is CCc1ccccc1OCNC(=O)Nc1c(CC)cccc1CC. The quantitative estimate of drug-likeness (QED) is 0.734. The van der Waals surface area contributed by atoms with Gasteiger partial charge >= 0.3 is 6.03 Å². The lowest BCUT2D eigenvalue weighted by Gasteiger charge is -2.16. The fourth-order valence-electron chi connectivity index (χ4n) is 2.68. The van der Waals surface area contributed by atoms with Crippen LogP contribution in [0.1, 0.15) is 37.5 Å². The number of carbonyl (C=O) groups excluding carboxylic acids is 1. The predicted molar refractivity (Wildman–Crippen MR) is 98.7 cm³/mol. The summed E-state index contributed by atoms with van der Waals surface area (Å²) in [5, 5.41) is 5.73. The second-order valence-electron chi connectivity index (χ2n) is 5.54. The lowest BCUT2D eigenvalue weighted by atomic mass is 10.0. The Morgan fingerprint density at radius 2 is 1.46 bits per heavy atom. The maximum Gasteiger partial charge on any atom is 0.321 e. The van der Waals surface area contributed by atoms with Gasteiger partial charge in [0.15, 0.2) is 6.73 Å². The van der Waals surface area contributed by atoms with E-state index in [0.29, 0.717) is 0 Å². The van der Waals surface area contributed by atoms with Crippen molar-refractivity contribution < 1.29 is 9.53 Å². The number of hydrogen-bond donors (Lipinski definition) is 2. The molecule has 0 spiro atoms. The van der Waals surface area contributed by atoms with E-state index in [4.69, 9.17) is 4.74 Å². The van der Waals surface area contributed by atoms with Gasteiger partial charge in [0.25, 0.3) is 0 Å². The van der Waals surface area contributed by atoms with E-state index in [-0.39, 0.29) is 12.8 Å². The van der Waals surface area contributed by atoms with Crippen molar-refractivity contribution in [3.8, 4) is 5.75 Å². The van der Waals surface area contributed by atoms with Crippen LogP contribution in [-0.4, -0.2) is 12.8 Å². The number of hydrogen-bond acceptors (Lipinski definition) is 2. The Labute approximate surface area is 144 Å². The number of urea groups is 1. The van der Waals surface area contributed by atoms with Gasteiger partial charge in [-0.05, 0) is 42.0 Å². The van der Waals surface area contributed by atoms with Crippen molar-refractivity contribution in [3.05, 3.63) is 59.2 Å². The van der Waals surface area contributed by atoms with Crippen molar-refractivity contribution in [1.82, 2.24) is 5.32 Å². The molecule has 4 nitrogen and oxygen atoms in total. The first-order chi connectivity index (χ1) is 11.7. The second kappa shape index (κ2) is 8.96. The molecule has 0 saturated heterocycles. The predicted octanol–water partition coefficient (Wildman–Crippen LogP) is 4.53. The van der Waals surface area contributed by atoms with Gasteiger partial charge in [-0.1, -0.05) is 57.2 Å². The monoisotopic (exact) mass is 326 g/mol. The summed E-state index contributed by atoms with van der Waals surface area (Å²) in [7, 11) is 0. The van der Waals surface area contributed by atoms with Gasteiger partial charge in [-0.25, -0.2) is 4.79 Å². The van der Waals surface area contributed by atoms with E-state index in [1.807, 2.05) is 42.5 Å². The average Bonchev–Trinajstić information content (AvgIpc) is 2.62. The Hall–Kier alpha value is -2.49. The van der Waals surface area contributed by atoms with Crippen LogP contribution in [0.15, 0.2) is 42.5 Å². The van der Waals surface area contributed by atoms with E-state index in [2.05, 4.69) is 31.4 Å². The molecule has 0 saturated carbocycles. The summed E-state index contributed by atoms with van der Waals surface area (Å²) in [4.78, 5) is 12.2. The molecule has 0 radical (unpaired) electrons. The number of para-hydroxylation sites is 2. The molecule has 2 aromatic rings. The molecule has 2 N–H and O–H groups in total. The molecule has 0 aromatic heterocycles. The third kappa shape index (κ3) is 4.51. The van der Waals surface area contributed by atoms with E-state index in [0.717, 1.165) is 47.4 Å². The van der Waals surface area contributed by atoms with Crippen molar-refractivity contribution in [2.75, 3.05) is 12.0 Å². The van der Waals surface area contributed by atoms with Crippen molar-refractivity contribution in [2.45, 2.75) is 40.0 Å². The minimum Gasteiger partial charge on any atom is -0.473 e. The molecule has 24 heavy (non-hydrogen) atoms. The molecular weight excluding hydrogens is 300 g/mol. The second-order valence-corrected chi connectivity index (χ2v) is 5.54. The summed E-state index contributed by atoms with van der Waals surface area (Å²) in [6.45, 7) is 6.39. The minimum absolute atomic E-state index is 0.137. The maximum absolute atomic E-state index is 12.2. The van der Waals surface area contributed by atoms with Crippen LogP contribution in [0, 0.1) is 0 Å². The number of carbonyl (C=O) groups is 1. The molecule has 2 aromatic carbocycles. The van der Waals surface area contributed by atoms with Crippen LogP contribution in [0.5, 0.6) is 5.75 Å². The Balaban J connectivity index is 1.95. The van der Waals surface area contributed by atoms with Crippen molar-refractivity contribution >= 4 is 11.7 Å². The van der Waals surface area contributed by atoms with Crippen molar-refractivity contribution in [1.29, 1.82) is 0 Å². The summed E-state index contributed by atoms with van der Waals surface area (Å²) in [5.74, 6) is 0.809. The summed E-state index contributed by atoms with van der Waals surface area (Å²) in [5.41, 5.74) is 4.32. The molecule has 0 heterocycles. The molecular formula is C20H26N2O2. The summed E-state index contributed by atoms with van der Waals surface area (Å²) >= 11 is 0. The third-order valence-corrected chi connectivity index (χ3v) is 4.05. The van der Waals surface area contributed by atoms with Gasteiger partial charge in [0, 0.05) is 5.69 Å². The first-order valence-electron chi connectivity index (χ1n) is 8.55. The van der Waals surface area contributed by atoms with Crippen molar-refractivity contribution in [2.24, 2.45) is 0 Å². The van der Waals surface area contributed by atoms with Gasteiger partial charge in [-0.15, -0.1) is 0 Å². The van der Waals surface area contributed by atoms with E-state index in [1.54, 1.807) is 0 Å². The molecule has 128 valence electrons. The molecule has 0 aliphatic carbocycles. The highest BCUT2D eigenvalue weighted by molar-refractivity contribution is 5.91. The van der Waals surface area contributed by atoms with Crippen LogP contribution in [0.25, 0.3) is 0 Å². The zero-order chi connectivity index (χ0) is 17.4. The first-order valence-corrected chi connectivity index (χ1v) is 8.55. The highest BCUT2D eigenvalue weighted by Gasteiger charge is 2.10. The standard InChI is InChI=1S/C20H26N2O2/c1-4-15-10-7-8-13-18(15)24-14-21-20(23)22-19-16(5-2)11-9-12-17(19)6-3/h7-13H,4-6,14H2,1-3H3,(H2,21,22,23). The van der Waals surface area contributed by atoms with Crippen molar-refractivity contribution in [3.63, 3.8) is 0 Å². The van der Waals surface area contributed by atoms with Gasteiger partial charge in [0.2, 0.25) is 0 Å². The van der Waals surface area contributed by atoms with Crippen LogP contribution in [0.4, 0.5) is 10.5 Å². The van der Waals surface area contributed by atoms with E-state index < -0.39 is 0 Å². The third-order valence-electron chi connectivity index (χ3n) is 4.05. The molecule has 0 aliphatic heterocycles. The Kier molecular flexibility index (Phi) is 6.67. The molecule has 0 aliphatic rings. The number of ether oxygens (including phenoxy) is 1. The zero-order valence-corrected chi connectivity index (χ0v) is 14.7. The summed E-state index contributed by atoms with van der Waals surface area (Å²) < 4.78 is 5.68. The van der Waals surface area contributed by atoms with Crippen LogP contribution in [0.3, 0.4) is 0 Å². The van der Waals surface area contributed by atoms with Gasteiger partial charge in [0.1, 0.15) is 5.75 Å². The summed E-state index contributed by atoms with van der Waals surface area (Å²) in [6, 6.07) is 13.7. The molecule has 0 unspecified atom stereocenters. The van der Waals surface area contributed by atoms with E-state index >= 15 is 0 Å². The zero-order valence-electron chi connectivity index (χ0n) is 14.7. The summed E-state index contributed by atoms with van der Waals surface area (Å²) in [6.07, 6.45) is 2.65. The van der Waals surface area contributed by atoms with E-state index in [1.165, 1.54) is 0 Å². The number of benzene rings is 2. The normalized spacial score (nSPS) is 10.3. The number of anilines is 1. The van der Waals surface area contributed by atoms with Crippen LogP contribution >= 0.6 is 0 Å². The molecule has 0 atom stereocenters. The Morgan fingerprint density at radius 1 is 0.875 bits per heavy atom. The lowest BCUT2D eigenvalue weighted by molar-refractivity contribution is 0.234. The van der Waals surface area contributed by atoms with Crippen LogP contribution < -0.4 is 15.4 Å². The van der Waals surface area contributed by atoms with Gasteiger partial charge in [0.05, 0.1) is 0 Å². The highest BCUT2D eigenvalue weighted by Crippen LogP contribution is 2.22. The lowest BCUT2D eigenvalue weighted by Crippen LogP contribution is -2.32. The minimum atomic E-state index is -0.250. The first kappa shape index (κ1) is 17.9. The molecule has 0 fully saturated rings. The molecule has 4 heteroatoms. The smallest absolute Gasteiger partial charge is 0.321 e. The fraction of sp³-hybridized carbons (Fsp3) is 0.350. The number of amides is 2. The van der Waals surface area contributed by atoms with Crippen LogP contribution in [-0.2, 0) is 19.3 Å². The van der Waals surface area contributed by atoms with Gasteiger partial charge in [-0.3, -0.25) is 0 Å². The Bertz CT molecular complexity index is 661. The van der Waals surface area contributed by atoms with Gasteiger partial charge in [-0.2, -0.15) is 0 Å². The number of aryl methyl sites for hydroxylation is 3. The number of rotatable bonds is 7. The molecule has 2 rings (SSSR count).